The van der Waals surface area contributed by atoms with Gasteiger partial charge in [0.2, 0.25) is 0 Å². The van der Waals surface area contributed by atoms with Crippen molar-refractivity contribution < 1.29 is 0 Å². The zero-order valence-electron chi connectivity index (χ0n) is 10.7. The zero-order chi connectivity index (χ0) is 12.3. The maximum Gasteiger partial charge on any atom is 0 e. The van der Waals surface area contributed by atoms with E-state index in [-0.39, 0.29) is 23.9 Å². The smallest absolute Gasteiger partial charge is 0 e. The molecule has 0 aromatic rings. The molecule has 0 bridgehead atoms. The Morgan fingerprint density at radius 3 is 2.05 bits per heavy atom. The molecule has 0 saturated carbocycles. The van der Waals surface area contributed by atoms with Crippen LogP contribution in [0, 0.1) is 0 Å². The molecule has 3 fully saturated rings. The van der Waals surface area contributed by atoms with Gasteiger partial charge >= 0.3 is 141 Å². The molecule has 3 saturated heterocycles. The molecule has 0 aromatic heterocycles. The molecular weight excluding hydrogens is 582 g/mol. The Kier molecular flexibility index (Phi) is 10.3. The fraction of sp³-hybridized carbons (Fsp3) is 1.00. The van der Waals surface area contributed by atoms with Crippen molar-refractivity contribution in [1.29, 1.82) is 0 Å². The van der Waals surface area contributed by atoms with Gasteiger partial charge in [-0.05, 0) is 0 Å². The van der Waals surface area contributed by atoms with Crippen LogP contribution in [0.4, 0.5) is 0 Å². The monoisotopic (exact) mass is 602 g/mol. The predicted octanol–water partition coefficient (Wildman–Crippen LogP) is 5.76. The number of hydrogen-bond acceptors (Lipinski definition) is 7. The van der Waals surface area contributed by atoms with Gasteiger partial charge in [0.25, 0.3) is 0 Å². The third-order valence-corrected chi connectivity index (χ3v) is 61.0. The van der Waals surface area contributed by atoms with Crippen LogP contribution < -0.4 is 0 Å². The van der Waals surface area contributed by atoms with Crippen LogP contribution in [0.5, 0.6) is 0 Å². The van der Waals surface area contributed by atoms with Crippen LogP contribution in [0.3, 0.4) is 0 Å². The molecule has 3 rings (SSSR count). The van der Waals surface area contributed by atoms with Crippen LogP contribution in [0.1, 0.15) is 25.7 Å². The topological polar surface area (TPSA) is 0 Å². The van der Waals surface area contributed by atoms with Crippen molar-refractivity contribution in [3.8, 4) is 0 Å². The van der Waals surface area contributed by atoms with Crippen molar-refractivity contribution in [2.24, 2.45) is 0 Å². The van der Waals surface area contributed by atoms with Gasteiger partial charge in [0.05, 0.1) is 0 Å². The normalized spacial score (nSPS) is 39.2. The molecule has 0 aliphatic carbocycles. The van der Waals surface area contributed by atoms with Crippen molar-refractivity contribution in [2.75, 3.05) is 17.3 Å². The minimum Gasteiger partial charge on any atom is 0 e. The summed E-state index contributed by atoms with van der Waals surface area (Å²) in [6.07, 6.45) is 5.97. The first-order valence-corrected chi connectivity index (χ1v) is 26.4. The van der Waals surface area contributed by atoms with Gasteiger partial charge in [0.1, 0.15) is 0 Å². The Morgan fingerprint density at radius 2 is 1.53 bits per heavy atom. The van der Waals surface area contributed by atoms with E-state index < -0.39 is 14.2 Å². The third kappa shape index (κ3) is 6.12. The van der Waals surface area contributed by atoms with Crippen LogP contribution in [-0.2, 0) is 0 Å². The van der Waals surface area contributed by atoms with Gasteiger partial charge < -0.3 is 0 Å². The molecule has 2 unspecified atom stereocenters. The fourth-order valence-electron chi connectivity index (χ4n) is 1.85. The molecule has 3 aliphatic rings. The molecule has 9 heteroatoms. The van der Waals surface area contributed by atoms with Gasteiger partial charge in [-0.1, -0.05) is 0 Å². The maximum atomic E-state index is 2.51. The van der Waals surface area contributed by atoms with Gasteiger partial charge in [-0.15, -0.1) is 0 Å². The summed E-state index contributed by atoms with van der Waals surface area (Å²) in [5.74, 6) is 4.23. The Labute approximate surface area is 162 Å². The van der Waals surface area contributed by atoms with Gasteiger partial charge in [-0.3, -0.25) is 0 Å². The Balaban J connectivity index is 0.00000133. The molecule has 2 atom stereocenters. The average molecular weight is 600 g/mol. The Hall–Kier alpha value is 4.05. The first-order valence-electron chi connectivity index (χ1n) is 6.42. The summed E-state index contributed by atoms with van der Waals surface area (Å²) in [6, 6.07) is 0. The summed E-state index contributed by atoms with van der Waals surface area (Å²) in [6.45, 7) is 0. The Bertz CT molecular complexity index is 247. The zero-order valence-corrected chi connectivity index (χ0v) is 22.1. The van der Waals surface area contributed by atoms with Crippen LogP contribution in [-0.4, -0.2) is 64.6 Å². The molecule has 0 spiro atoms. The molecule has 3 aliphatic heterocycles. The molecule has 0 amide bonds. The summed E-state index contributed by atoms with van der Waals surface area (Å²) in [7, 11) is 11.7. The second kappa shape index (κ2) is 10.1. The molecule has 0 nitrogen and oxygen atoms in total. The maximum absolute atomic E-state index is 2.51. The van der Waals surface area contributed by atoms with Crippen LogP contribution >= 0.6 is 70.0 Å². The first-order chi connectivity index (χ1) is 8.86. The van der Waals surface area contributed by atoms with Crippen molar-refractivity contribution in [2.45, 2.75) is 39.3 Å². The second-order valence-electron chi connectivity index (χ2n) is 4.53. The number of hydrogen-bond donors (Lipinski definition) is 0. The molecule has 4 radical (unpaired) electrons. The van der Waals surface area contributed by atoms with E-state index >= 15 is 0 Å². The molecular formula is C10H18S7Sn2. The van der Waals surface area contributed by atoms with Crippen molar-refractivity contribution in [3.05, 3.63) is 0 Å². The second-order valence-corrected chi connectivity index (χ2v) is 46.0. The van der Waals surface area contributed by atoms with E-state index in [1.807, 2.05) is 0 Å². The minimum atomic E-state index is -2.02. The quantitative estimate of drug-likeness (QED) is 0.294. The third-order valence-electron chi connectivity index (χ3n) is 3.11. The fourth-order valence-corrected chi connectivity index (χ4v) is 82.3. The van der Waals surface area contributed by atoms with Crippen molar-refractivity contribution in [1.82, 2.24) is 0 Å². The van der Waals surface area contributed by atoms with E-state index in [0.29, 0.717) is 0 Å². The summed E-state index contributed by atoms with van der Waals surface area (Å²) in [5.41, 5.74) is 0. The SMILES string of the molecule is C1C[CH2][Sn]([S]C2CCS2)([S]C2CCS2)[S]SSC1.[Sn]. The van der Waals surface area contributed by atoms with E-state index in [0.717, 1.165) is 9.16 Å². The van der Waals surface area contributed by atoms with Crippen LogP contribution in [0.25, 0.3) is 0 Å². The summed E-state index contributed by atoms with van der Waals surface area (Å²) in [5, 5.41) is 0. The van der Waals surface area contributed by atoms with Gasteiger partial charge in [0.15, 0.2) is 0 Å². The van der Waals surface area contributed by atoms with E-state index in [2.05, 4.69) is 70.0 Å². The van der Waals surface area contributed by atoms with Crippen LogP contribution in [0.2, 0.25) is 4.44 Å². The summed E-state index contributed by atoms with van der Waals surface area (Å²) >= 11 is 2.44. The standard InChI is InChI=1S/C4H9S3.2C3H6S2.2Sn/c1-2-3-4-6-7-5;2*4-3-1-2-5-3;;/h5H,1-4H2;2*3-4H,1-2H2;;/q;;;;+3/p-3. The van der Waals surface area contributed by atoms with Crippen LogP contribution in [0.15, 0.2) is 0 Å². The van der Waals surface area contributed by atoms with Crippen molar-refractivity contribution in [3.63, 3.8) is 0 Å². The van der Waals surface area contributed by atoms with Crippen molar-refractivity contribution >= 4 is 108 Å². The minimum absolute atomic E-state index is 0. The summed E-state index contributed by atoms with van der Waals surface area (Å²) in [4.78, 5) is 0. The molecule has 19 heavy (non-hydrogen) atoms. The molecule has 3 heterocycles. The van der Waals surface area contributed by atoms with E-state index in [4.69, 9.17) is 0 Å². The first kappa shape index (κ1) is 19.4. The van der Waals surface area contributed by atoms with E-state index in [1.165, 1.54) is 42.9 Å². The van der Waals surface area contributed by atoms with Gasteiger partial charge in [0, 0.05) is 23.9 Å². The largest absolute Gasteiger partial charge is 0 e. The average Bonchev–Trinajstić information content (AvgIpc) is 2.22. The molecule has 0 N–H and O–H groups in total. The number of rotatable bonds is 4. The molecule has 0 aromatic carbocycles. The van der Waals surface area contributed by atoms with Gasteiger partial charge in [-0.2, -0.15) is 0 Å². The van der Waals surface area contributed by atoms with Gasteiger partial charge in [-0.25, -0.2) is 0 Å². The van der Waals surface area contributed by atoms with E-state index in [9.17, 15) is 0 Å². The predicted molar refractivity (Wildman–Crippen MR) is 110 cm³/mol. The van der Waals surface area contributed by atoms with E-state index in [1.54, 1.807) is 4.44 Å². The Morgan fingerprint density at radius 1 is 0.895 bits per heavy atom. The molecule has 108 valence electrons. The number of thioether (sulfide) groups is 2. The summed E-state index contributed by atoms with van der Waals surface area (Å²) < 4.78 is 3.59.